The summed E-state index contributed by atoms with van der Waals surface area (Å²) in [4.78, 5) is 21.5. The monoisotopic (exact) mass is 485 g/mol. The van der Waals surface area contributed by atoms with E-state index in [1.165, 1.54) is 16.8 Å². The molecule has 8 nitrogen and oxygen atoms in total. The van der Waals surface area contributed by atoms with Crippen molar-refractivity contribution in [3.8, 4) is 0 Å². The van der Waals surface area contributed by atoms with Gasteiger partial charge in [-0.1, -0.05) is 30.3 Å². The van der Waals surface area contributed by atoms with Crippen LogP contribution in [0.5, 0.6) is 0 Å². The fourth-order valence-corrected chi connectivity index (χ4v) is 5.23. The van der Waals surface area contributed by atoms with Gasteiger partial charge in [-0.15, -0.1) is 5.10 Å². The Balaban J connectivity index is 1.56. The Labute approximate surface area is 211 Å². The second-order valence-corrected chi connectivity index (χ2v) is 10.9. The topological polar surface area (TPSA) is 82.9 Å². The van der Waals surface area contributed by atoms with Crippen LogP contribution in [0.15, 0.2) is 47.3 Å². The lowest BCUT2D eigenvalue weighted by molar-refractivity contribution is 0.190. The molecule has 36 heavy (non-hydrogen) atoms. The third-order valence-electron chi connectivity index (χ3n) is 7.17. The minimum absolute atomic E-state index is 0.0952. The maximum Gasteiger partial charge on any atom is 0.253 e. The second kappa shape index (κ2) is 9.17. The molecular weight excluding hydrogens is 450 g/mol. The zero-order valence-corrected chi connectivity index (χ0v) is 22.0. The first-order valence-corrected chi connectivity index (χ1v) is 12.6. The van der Waals surface area contributed by atoms with Gasteiger partial charge in [0.1, 0.15) is 6.04 Å². The number of H-pyrrole nitrogens is 1. The number of aromatic amines is 1. The Hall–Kier alpha value is -3.52. The van der Waals surface area contributed by atoms with Crippen molar-refractivity contribution in [1.82, 2.24) is 30.1 Å². The highest BCUT2D eigenvalue weighted by Gasteiger charge is 2.35. The zero-order valence-electron chi connectivity index (χ0n) is 22.0. The van der Waals surface area contributed by atoms with Crippen LogP contribution in [0.4, 0.5) is 5.69 Å². The standard InChI is InChI=1S/C28H35N7O/c1-18-10-11-19(2)23(16-18)33-12-14-34(15-13-33)25(26-30-31-32-35(26)28(4,5)6)22-17-21-9-7-8-20(3)24(21)29-27(22)36/h7-11,16-17,25H,12-15H2,1-6H3,(H,29,36)/t25-/m1/s1. The average molecular weight is 486 g/mol. The van der Waals surface area contributed by atoms with Crippen LogP contribution < -0.4 is 10.5 Å². The summed E-state index contributed by atoms with van der Waals surface area (Å²) < 4.78 is 1.86. The van der Waals surface area contributed by atoms with Crippen molar-refractivity contribution in [3.63, 3.8) is 0 Å². The molecular formula is C28H35N7O. The molecule has 3 heterocycles. The molecule has 5 rings (SSSR count). The predicted molar refractivity (Wildman–Crippen MR) is 144 cm³/mol. The lowest BCUT2D eigenvalue weighted by Crippen LogP contribution is -2.49. The summed E-state index contributed by atoms with van der Waals surface area (Å²) in [7, 11) is 0. The van der Waals surface area contributed by atoms with Gasteiger partial charge < -0.3 is 9.88 Å². The van der Waals surface area contributed by atoms with Gasteiger partial charge in [0.25, 0.3) is 5.56 Å². The fourth-order valence-electron chi connectivity index (χ4n) is 5.23. The van der Waals surface area contributed by atoms with Gasteiger partial charge >= 0.3 is 0 Å². The van der Waals surface area contributed by atoms with Gasteiger partial charge in [0.2, 0.25) is 0 Å². The molecule has 1 aliphatic heterocycles. The molecule has 8 heteroatoms. The summed E-state index contributed by atoms with van der Waals surface area (Å²) in [6.07, 6.45) is 0. The number of nitrogens with one attached hydrogen (secondary N) is 1. The summed E-state index contributed by atoms with van der Waals surface area (Å²) in [6, 6.07) is 14.4. The van der Waals surface area contributed by atoms with E-state index in [1.807, 2.05) is 35.9 Å². The van der Waals surface area contributed by atoms with Crippen LogP contribution in [-0.4, -0.2) is 56.3 Å². The van der Waals surface area contributed by atoms with Crippen LogP contribution in [0.25, 0.3) is 10.9 Å². The summed E-state index contributed by atoms with van der Waals surface area (Å²) >= 11 is 0. The molecule has 0 bridgehead atoms. The van der Waals surface area contributed by atoms with Crippen molar-refractivity contribution >= 4 is 16.6 Å². The SMILES string of the molecule is Cc1ccc(C)c(N2CCN([C@H](c3cc4cccc(C)c4[nH]c3=O)c3nnnn3C(C)(C)C)CC2)c1. The highest BCUT2D eigenvalue weighted by molar-refractivity contribution is 5.82. The number of tetrazole rings is 1. The molecule has 1 atom stereocenters. The van der Waals surface area contributed by atoms with Crippen molar-refractivity contribution in [2.24, 2.45) is 0 Å². The molecule has 1 saturated heterocycles. The van der Waals surface area contributed by atoms with E-state index >= 15 is 0 Å². The number of aromatic nitrogens is 5. The van der Waals surface area contributed by atoms with E-state index in [-0.39, 0.29) is 17.1 Å². The van der Waals surface area contributed by atoms with Gasteiger partial charge in [-0.3, -0.25) is 9.69 Å². The van der Waals surface area contributed by atoms with Gasteiger partial charge in [0, 0.05) is 37.4 Å². The normalized spacial score (nSPS) is 16.0. The molecule has 0 radical (unpaired) electrons. The van der Waals surface area contributed by atoms with Crippen LogP contribution in [0.1, 0.15) is 54.9 Å². The Morgan fingerprint density at radius 1 is 0.944 bits per heavy atom. The molecule has 1 N–H and O–H groups in total. The zero-order chi connectivity index (χ0) is 25.6. The Morgan fingerprint density at radius 2 is 1.69 bits per heavy atom. The minimum Gasteiger partial charge on any atom is -0.369 e. The number of fused-ring (bicyclic) bond motifs is 1. The molecule has 4 aromatic rings. The second-order valence-electron chi connectivity index (χ2n) is 10.9. The summed E-state index contributed by atoms with van der Waals surface area (Å²) in [5, 5.41) is 13.8. The molecule has 2 aromatic carbocycles. The molecule has 0 spiro atoms. The van der Waals surface area contributed by atoms with Crippen molar-refractivity contribution in [2.45, 2.75) is 53.1 Å². The van der Waals surface area contributed by atoms with Crippen molar-refractivity contribution in [2.75, 3.05) is 31.1 Å². The van der Waals surface area contributed by atoms with E-state index in [9.17, 15) is 4.79 Å². The van der Waals surface area contributed by atoms with Crippen LogP contribution in [0.3, 0.4) is 0 Å². The van der Waals surface area contributed by atoms with E-state index in [0.29, 0.717) is 11.4 Å². The highest BCUT2D eigenvalue weighted by atomic mass is 16.1. The number of anilines is 1. The molecule has 1 fully saturated rings. The maximum atomic E-state index is 13.5. The van der Waals surface area contributed by atoms with Crippen LogP contribution in [0.2, 0.25) is 0 Å². The number of nitrogens with zero attached hydrogens (tertiary/aromatic N) is 6. The summed E-state index contributed by atoms with van der Waals surface area (Å²) in [5.41, 5.74) is 6.01. The molecule has 0 unspecified atom stereocenters. The largest absolute Gasteiger partial charge is 0.369 e. The summed E-state index contributed by atoms with van der Waals surface area (Å²) in [5.74, 6) is 0.695. The third kappa shape index (κ3) is 4.41. The Kier molecular flexibility index (Phi) is 6.16. The van der Waals surface area contributed by atoms with Crippen molar-refractivity contribution < 1.29 is 0 Å². The van der Waals surface area contributed by atoms with Gasteiger partial charge in [-0.2, -0.15) is 0 Å². The number of aryl methyl sites for hydroxylation is 3. The number of hydrogen-bond donors (Lipinski definition) is 1. The molecule has 0 aliphatic carbocycles. The van der Waals surface area contributed by atoms with Crippen LogP contribution in [-0.2, 0) is 5.54 Å². The van der Waals surface area contributed by atoms with E-state index in [2.05, 4.69) is 83.1 Å². The molecule has 1 aliphatic rings. The Bertz CT molecular complexity index is 1460. The number of pyridine rings is 1. The molecule has 188 valence electrons. The van der Waals surface area contributed by atoms with E-state index in [0.717, 1.165) is 42.6 Å². The van der Waals surface area contributed by atoms with E-state index < -0.39 is 0 Å². The maximum absolute atomic E-state index is 13.5. The van der Waals surface area contributed by atoms with Crippen molar-refractivity contribution in [1.29, 1.82) is 0 Å². The first-order valence-electron chi connectivity index (χ1n) is 12.6. The smallest absolute Gasteiger partial charge is 0.253 e. The highest BCUT2D eigenvalue weighted by Crippen LogP contribution is 2.32. The lowest BCUT2D eigenvalue weighted by atomic mass is 10.00. The first-order chi connectivity index (χ1) is 17.1. The van der Waals surface area contributed by atoms with Crippen LogP contribution in [0, 0.1) is 20.8 Å². The van der Waals surface area contributed by atoms with Crippen LogP contribution >= 0.6 is 0 Å². The number of benzene rings is 2. The fraction of sp³-hybridized carbons (Fsp3) is 0.429. The number of piperazine rings is 1. The number of para-hydroxylation sites is 1. The average Bonchev–Trinajstić information content (AvgIpc) is 3.33. The lowest BCUT2D eigenvalue weighted by Gasteiger charge is -2.40. The molecule has 2 aromatic heterocycles. The van der Waals surface area contributed by atoms with Crippen molar-refractivity contribution in [3.05, 3.63) is 80.9 Å². The minimum atomic E-state index is -0.353. The summed E-state index contributed by atoms with van der Waals surface area (Å²) in [6.45, 7) is 15.9. The van der Waals surface area contributed by atoms with E-state index in [4.69, 9.17) is 0 Å². The number of rotatable bonds is 4. The van der Waals surface area contributed by atoms with Gasteiger partial charge in [-0.25, -0.2) is 4.68 Å². The number of hydrogen-bond acceptors (Lipinski definition) is 6. The third-order valence-corrected chi connectivity index (χ3v) is 7.17. The first kappa shape index (κ1) is 24.2. The Morgan fingerprint density at radius 3 is 2.42 bits per heavy atom. The van der Waals surface area contributed by atoms with Gasteiger partial charge in [0.15, 0.2) is 5.82 Å². The quantitative estimate of drug-likeness (QED) is 0.469. The molecule has 0 saturated carbocycles. The van der Waals surface area contributed by atoms with Gasteiger partial charge in [0.05, 0.1) is 11.1 Å². The molecule has 0 amide bonds. The van der Waals surface area contributed by atoms with Gasteiger partial charge in [-0.05, 0) is 86.2 Å². The van der Waals surface area contributed by atoms with E-state index in [1.54, 1.807) is 0 Å². The predicted octanol–water partition coefficient (Wildman–Crippen LogP) is 4.11.